The highest BCUT2D eigenvalue weighted by Crippen LogP contribution is 2.30. The second-order valence-corrected chi connectivity index (χ2v) is 8.32. The van der Waals surface area contributed by atoms with Crippen molar-refractivity contribution in [3.8, 4) is 22.6 Å². The van der Waals surface area contributed by atoms with Gasteiger partial charge in [-0.15, -0.1) is 0 Å². The predicted octanol–water partition coefficient (Wildman–Crippen LogP) is 5.39. The molecule has 4 aromatic rings. The molecular formula is C28H27N3O3. The first-order valence-corrected chi connectivity index (χ1v) is 11.0. The van der Waals surface area contributed by atoms with E-state index in [4.69, 9.17) is 4.74 Å². The standard InChI is InChI=1S/C28H27N3O3/c1-17-13-14-22(15-19(17)3)31-27(29-28(33)24-12-7-6-9-18(24)2)25(26(32)20(4)30-31)21-10-8-11-23(16-21)34-5/h6-16H,1-5H3,(H,29,33). The highest BCUT2D eigenvalue weighted by atomic mass is 16.5. The number of carbonyl (C=O) groups is 1. The number of rotatable bonds is 5. The smallest absolute Gasteiger partial charge is 0.257 e. The van der Waals surface area contributed by atoms with Crippen LogP contribution in [0.25, 0.3) is 16.8 Å². The summed E-state index contributed by atoms with van der Waals surface area (Å²) < 4.78 is 7.02. The van der Waals surface area contributed by atoms with Gasteiger partial charge >= 0.3 is 0 Å². The van der Waals surface area contributed by atoms with Gasteiger partial charge < -0.3 is 10.1 Å². The van der Waals surface area contributed by atoms with E-state index in [0.29, 0.717) is 34.0 Å². The maximum Gasteiger partial charge on any atom is 0.257 e. The molecule has 0 aliphatic rings. The van der Waals surface area contributed by atoms with Crippen molar-refractivity contribution in [2.24, 2.45) is 0 Å². The van der Waals surface area contributed by atoms with Crippen LogP contribution in [0.1, 0.15) is 32.7 Å². The summed E-state index contributed by atoms with van der Waals surface area (Å²) in [6, 6.07) is 20.5. The first-order chi connectivity index (χ1) is 16.3. The van der Waals surface area contributed by atoms with Crippen LogP contribution in [-0.2, 0) is 0 Å². The molecule has 6 nitrogen and oxygen atoms in total. The Morgan fingerprint density at radius 3 is 2.35 bits per heavy atom. The van der Waals surface area contributed by atoms with Crippen LogP contribution in [0.5, 0.6) is 5.75 Å². The Kier molecular flexibility index (Phi) is 6.32. The van der Waals surface area contributed by atoms with Crippen molar-refractivity contribution in [1.82, 2.24) is 9.78 Å². The number of ether oxygens (including phenoxy) is 1. The Bertz CT molecular complexity index is 1450. The molecular weight excluding hydrogens is 426 g/mol. The largest absolute Gasteiger partial charge is 0.497 e. The molecule has 0 fully saturated rings. The molecule has 1 N–H and O–H groups in total. The number of aromatic nitrogens is 2. The summed E-state index contributed by atoms with van der Waals surface area (Å²) >= 11 is 0. The van der Waals surface area contributed by atoms with Gasteiger partial charge in [-0.1, -0.05) is 36.4 Å². The summed E-state index contributed by atoms with van der Waals surface area (Å²) in [7, 11) is 1.57. The molecule has 0 spiro atoms. The Balaban J connectivity index is 2.00. The van der Waals surface area contributed by atoms with Crippen molar-refractivity contribution >= 4 is 11.7 Å². The fourth-order valence-electron chi connectivity index (χ4n) is 3.85. The third-order valence-electron chi connectivity index (χ3n) is 5.97. The first-order valence-electron chi connectivity index (χ1n) is 11.0. The van der Waals surface area contributed by atoms with Crippen LogP contribution in [-0.4, -0.2) is 22.8 Å². The van der Waals surface area contributed by atoms with Crippen molar-refractivity contribution in [2.45, 2.75) is 27.7 Å². The lowest BCUT2D eigenvalue weighted by atomic mass is 10.0. The maximum atomic E-state index is 13.4. The number of carbonyl (C=O) groups excluding carboxylic acids is 1. The number of nitrogens with one attached hydrogen (secondary N) is 1. The topological polar surface area (TPSA) is 73.2 Å². The summed E-state index contributed by atoms with van der Waals surface area (Å²) in [5.41, 5.74) is 5.38. The van der Waals surface area contributed by atoms with Crippen molar-refractivity contribution in [1.29, 1.82) is 0 Å². The molecule has 0 aliphatic heterocycles. The Labute approximate surface area is 198 Å². The average molecular weight is 454 g/mol. The van der Waals surface area contributed by atoms with E-state index in [-0.39, 0.29) is 11.3 Å². The van der Waals surface area contributed by atoms with Crippen LogP contribution >= 0.6 is 0 Å². The SMILES string of the molecule is COc1cccc(-c2c(NC(=O)c3ccccc3C)n(-c3ccc(C)c(C)c3)nc(C)c2=O)c1. The van der Waals surface area contributed by atoms with Gasteiger partial charge in [0.25, 0.3) is 5.91 Å². The molecule has 4 rings (SSSR count). The quantitative estimate of drug-likeness (QED) is 0.439. The molecule has 6 heteroatoms. The van der Waals surface area contributed by atoms with Gasteiger partial charge in [0.2, 0.25) is 5.43 Å². The van der Waals surface area contributed by atoms with E-state index < -0.39 is 0 Å². The van der Waals surface area contributed by atoms with Gasteiger partial charge in [0, 0.05) is 5.56 Å². The zero-order valence-corrected chi connectivity index (χ0v) is 20.0. The number of methoxy groups -OCH3 is 1. The predicted molar refractivity (Wildman–Crippen MR) is 135 cm³/mol. The molecule has 1 aromatic heterocycles. The molecule has 0 aliphatic carbocycles. The first kappa shape index (κ1) is 23.0. The van der Waals surface area contributed by atoms with Crippen LogP contribution < -0.4 is 15.5 Å². The monoisotopic (exact) mass is 453 g/mol. The minimum absolute atomic E-state index is 0.256. The van der Waals surface area contributed by atoms with Crippen LogP contribution in [0.4, 0.5) is 5.82 Å². The number of nitrogens with zero attached hydrogens (tertiary/aromatic N) is 2. The second kappa shape index (κ2) is 9.35. The highest BCUT2D eigenvalue weighted by Gasteiger charge is 2.22. The fourth-order valence-corrected chi connectivity index (χ4v) is 3.85. The molecule has 0 atom stereocenters. The average Bonchev–Trinajstić information content (AvgIpc) is 2.83. The number of benzene rings is 3. The number of anilines is 1. The number of hydrogen-bond acceptors (Lipinski definition) is 4. The third-order valence-corrected chi connectivity index (χ3v) is 5.97. The van der Waals surface area contributed by atoms with Gasteiger partial charge in [-0.2, -0.15) is 5.10 Å². The van der Waals surface area contributed by atoms with E-state index >= 15 is 0 Å². The van der Waals surface area contributed by atoms with E-state index in [2.05, 4.69) is 10.4 Å². The summed E-state index contributed by atoms with van der Waals surface area (Å²) in [5, 5.41) is 7.56. The van der Waals surface area contributed by atoms with Crippen LogP contribution in [0, 0.1) is 27.7 Å². The van der Waals surface area contributed by atoms with Crippen LogP contribution in [0.2, 0.25) is 0 Å². The third kappa shape index (κ3) is 4.35. The lowest BCUT2D eigenvalue weighted by molar-refractivity contribution is 0.102. The molecule has 1 amide bonds. The molecule has 0 radical (unpaired) electrons. The number of amides is 1. The van der Waals surface area contributed by atoms with Crippen molar-refractivity contribution in [2.75, 3.05) is 12.4 Å². The van der Waals surface area contributed by atoms with E-state index in [1.807, 2.05) is 75.4 Å². The van der Waals surface area contributed by atoms with Gasteiger partial charge in [-0.3, -0.25) is 9.59 Å². The van der Waals surface area contributed by atoms with Crippen molar-refractivity contribution < 1.29 is 9.53 Å². The molecule has 172 valence electrons. The minimum Gasteiger partial charge on any atom is -0.497 e. The highest BCUT2D eigenvalue weighted by molar-refractivity contribution is 6.06. The fraction of sp³-hybridized carbons (Fsp3) is 0.179. The van der Waals surface area contributed by atoms with Gasteiger partial charge in [-0.25, -0.2) is 4.68 Å². The lowest BCUT2D eigenvalue weighted by Gasteiger charge is -2.19. The molecule has 0 unspecified atom stereocenters. The minimum atomic E-state index is -0.315. The van der Waals surface area contributed by atoms with E-state index in [0.717, 1.165) is 22.4 Å². The molecule has 3 aromatic carbocycles. The summed E-state index contributed by atoms with van der Waals surface area (Å²) in [6.45, 7) is 7.60. The second-order valence-electron chi connectivity index (χ2n) is 8.32. The normalized spacial score (nSPS) is 10.7. The van der Waals surface area contributed by atoms with Crippen LogP contribution in [0.15, 0.2) is 71.5 Å². The van der Waals surface area contributed by atoms with E-state index in [1.165, 1.54) is 0 Å². The summed E-state index contributed by atoms with van der Waals surface area (Å²) in [6.07, 6.45) is 0. The van der Waals surface area contributed by atoms with E-state index in [9.17, 15) is 9.59 Å². The Morgan fingerprint density at radius 2 is 1.65 bits per heavy atom. The molecule has 34 heavy (non-hydrogen) atoms. The Hall–Kier alpha value is -4.19. The van der Waals surface area contributed by atoms with Gasteiger partial charge in [0.05, 0.1) is 18.4 Å². The van der Waals surface area contributed by atoms with Crippen molar-refractivity contribution in [3.63, 3.8) is 0 Å². The van der Waals surface area contributed by atoms with Crippen LogP contribution in [0.3, 0.4) is 0 Å². The number of hydrogen-bond donors (Lipinski definition) is 1. The van der Waals surface area contributed by atoms with Gasteiger partial charge in [-0.05, 0) is 80.3 Å². The summed E-state index contributed by atoms with van der Waals surface area (Å²) in [4.78, 5) is 26.8. The molecule has 0 saturated heterocycles. The summed E-state index contributed by atoms with van der Waals surface area (Å²) in [5.74, 6) is 0.602. The van der Waals surface area contributed by atoms with Gasteiger partial charge in [0.15, 0.2) is 0 Å². The molecule has 0 saturated carbocycles. The zero-order chi connectivity index (χ0) is 24.4. The van der Waals surface area contributed by atoms with Gasteiger partial charge in [0.1, 0.15) is 17.3 Å². The molecule has 0 bridgehead atoms. The molecule has 1 heterocycles. The Morgan fingerprint density at radius 1 is 0.882 bits per heavy atom. The van der Waals surface area contributed by atoms with E-state index in [1.54, 1.807) is 30.8 Å². The zero-order valence-electron chi connectivity index (χ0n) is 20.0. The van der Waals surface area contributed by atoms with Crippen molar-refractivity contribution in [3.05, 3.63) is 105 Å². The number of aryl methyl sites for hydroxylation is 4. The maximum absolute atomic E-state index is 13.4. The lowest BCUT2D eigenvalue weighted by Crippen LogP contribution is -2.25.